The van der Waals surface area contributed by atoms with Gasteiger partial charge in [-0.1, -0.05) is 6.07 Å². The molecular weight excluding hydrogens is 269 g/mol. The Morgan fingerprint density at radius 3 is 2.29 bits per heavy atom. The minimum Gasteiger partial charge on any atom is -0.314 e. The molecule has 2 rings (SSSR count). The maximum Gasteiger partial charge on any atom is 0.159 e. The average Bonchev–Trinajstić information content (AvgIpc) is 2.25. The van der Waals surface area contributed by atoms with Gasteiger partial charge in [0.05, 0.1) is 0 Å². The fourth-order valence-electron chi connectivity index (χ4n) is 1.77. The number of nitrogens with zero attached hydrogens (tertiary/aromatic N) is 1. The standard InChI is InChI=1S/C11H14F2N2.2ClH/c12-10-2-1-9(7-11(10)13)8-15-5-3-14-4-6-15;;/h1-2,7,14H,3-6,8H2;2*1H. The van der Waals surface area contributed by atoms with Crippen LogP contribution in [0.25, 0.3) is 0 Å². The Balaban J connectivity index is 0.00000128. The van der Waals surface area contributed by atoms with Crippen LogP contribution < -0.4 is 5.32 Å². The van der Waals surface area contributed by atoms with Crippen molar-refractivity contribution in [3.63, 3.8) is 0 Å². The van der Waals surface area contributed by atoms with E-state index in [9.17, 15) is 8.78 Å². The van der Waals surface area contributed by atoms with E-state index < -0.39 is 11.6 Å². The highest BCUT2D eigenvalue weighted by Gasteiger charge is 2.10. The summed E-state index contributed by atoms with van der Waals surface area (Å²) in [4.78, 5) is 2.23. The van der Waals surface area contributed by atoms with Gasteiger partial charge in [0.15, 0.2) is 11.6 Å². The fourth-order valence-corrected chi connectivity index (χ4v) is 1.77. The van der Waals surface area contributed by atoms with Gasteiger partial charge in [-0.25, -0.2) is 8.78 Å². The van der Waals surface area contributed by atoms with Crippen molar-refractivity contribution < 1.29 is 8.78 Å². The minimum absolute atomic E-state index is 0. The average molecular weight is 285 g/mol. The van der Waals surface area contributed by atoms with E-state index in [1.807, 2.05) is 0 Å². The molecule has 1 aliphatic heterocycles. The molecule has 1 aliphatic rings. The van der Waals surface area contributed by atoms with Gasteiger partial charge in [-0.2, -0.15) is 0 Å². The number of piperazine rings is 1. The zero-order valence-electron chi connectivity index (χ0n) is 9.29. The summed E-state index contributed by atoms with van der Waals surface area (Å²) in [6.45, 7) is 4.53. The second-order valence-electron chi connectivity index (χ2n) is 3.77. The first-order valence-corrected chi connectivity index (χ1v) is 5.13. The van der Waals surface area contributed by atoms with Gasteiger partial charge in [-0.3, -0.25) is 4.90 Å². The molecule has 0 spiro atoms. The van der Waals surface area contributed by atoms with E-state index >= 15 is 0 Å². The normalized spacial score (nSPS) is 15.9. The SMILES string of the molecule is Cl.Cl.Fc1ccc(CN2CCNCC2)cc1F. The highest BCUT2D eigenvalue weighted by molar-refractivity contribution is 5.85. The minimum atomic E-state index is -0.779. The van der Waals surface area contributed by atoms with Crippen LogP contribution in [0.4, 0.5) is 8.78 Å². The predicted octanol–water partition coefficient (Wildman–Crippen LogP) is 2.21. The van der Waals surface area contributed by atoms with Crippen LogP contribution in [0.2, 0.25) is 0 Å². The van der Waals surface area contributed by atoms with E-state index in [1.165, 1.54) is 12.1 Å². The molecule has 1 aromatic carbocycles. The van der Waals surface area contributed by atoms with E-state index in [4.69, 9.17) is 0 Å². The third-order valence-electron chi connectivity index (χ3n) is 2.60. The van der Waals surface area contributed by atoms with Crippen molar-refractivity contribution in [1.82, 2.24) is 10.2 Å². The summed E-state index contributed by atoms with van der Waals surface area (Å²) in [5, 5.41) is 3.25. The molecule has 6 heteroatoms. The molecule has 1 aromatic rings. The number of hydrogen-bond donors (Lipinski definition) is 1. The number of hydrogen-bond acceptors (Lipinski definition) is 2. The van der Waals surface area contributed by atoms with E-state index in [-0.39, 0.29) is 24.8 Å². The number of rotatable bonds is 2. The van der Waals surface area contributed by atoms with E-state index in [0.717, 1.165) is 31.7 Å². The Labute approximate surface area is 112 Å². The van der Waals surface area contributed by atoms with Gasteiger partial charge in [-0.15, -0.1) is 24.8 Å². The zero-order chi connectivity index (χ0) is 10.7. The molecule has 1 saturated heterocycles. The van der Waals surface area contributed by atoms with Crippen LogP contribution in [0, 0.1) is 11.6 Å². The Kier molecular flexibility index (Phi) is 7.63. The second-order valence-corrected chi connectivity index (χ2v) is 3.77. The van der Waals surface area contributed by atoms with Crippen LogP contribution in [0.5, 0.6) is 0 Å². The molecule has 17 heavy (non-hydrogen) atoms. The maximum absolute atomic E-state index is 12.9. The van der Waals surface area contributed by atoms with Crippen molar-refractivity contribution in [3.05, 3.63) is 35.4 Å². The molecule has 1 fully saturated rings. The highest BCUT2D eigenvalue weighted by Crippen LogP contribution is 2.11. The fraction of sp³-hybridized carbons (Fsp3) is 0.455. The lowest BCUT2D eigenvalue weighted by Crippen LogP contribution is -2.42. The van der Waals surface area contributed by atoms with Crippen molar-refractivity contribution in [2.24, 2.45) is 0 Å². The quantitative estimate of drug-likeness (QED) is 0.896. The van der Waals surface area contributed by atoms with Gasteiger partial charge >= 0.3 is 0 Å². The molecule has 0 unspecified atom stereocenters. The molecule has 0 saturated carbocycles. The lowest BCUT2D eigenvalue weighted by Gasteiger charge is -2.27. The first-order chi connectivity index (χ1) is 7.25. The molecule has 0 radical (unpaired) electrons. The third-order valence-corrected chi connectivity index (χ3v) is 2.60. The van der Waals surface area contributed by atoms with E-state index in [0.29, 0.717) is 6.54 Å². The van der Waals surface area contributed by atoms with E-state index in [2.05, 4.69) is 10.2 Å². The Bertz CT molecular complexity index is 344. The van der Waals surface area contributed by atoms with Crippen LogP contribution in [-0.4, -0.2) is 31.1 Å². The highest BCUT2D eigenvalue weighted by atomic mass is 35.5. The summed E-state index contributed by atoms with van der Waals surface area (Å²) < 4.78 is 25.6. The summed E-state index contributed by atoms with van der Waals surface area (Å²) in [5.74, 6) is -1.54. The monoisotopic (exact) mass is 284 g/mol. The molecule has 2 nitrogen and oxygen atoms in total. The molecular formula is C11H16Cl2F2N2. The Morgan fingerprint density at radius 2 is 1.71 bits per heavy atom. The largest absolute Gasteiger partial charge is 0.314 e. The van der Waals surface area contributed by atoms with Crippen LogP contribution in [0.1, 0.15) is 5.56 Å². The topological polar surface area (TPSA) is 15.3 Å². The molecule has 0 aromatic heterocycles. The summed E-state index contributed by atoms with van der Waals surface area (Å²) in [6.07, 6.45) is 0. The lowest BCUT2D eigenvalue weighted by atomic mass is 10.2. The molecule has 0 bridgehead atoms. The molecule has 0 amide bonds. The zero-order valence-corrected chi connectivity index (χ0v) is 10.9. The van der Waals surface area contributed by atoms with Crippen molar-refractivity contribution in [3.8, 4) is 0 Å². The van der Waals surface area contributed by atoms with Gasteiger partial charge in [-0.05, 0) is 17.7 Å². The summed E-state index contributed by atoms with van der Waals surface area (Å²) in [7, 11) is 0. The predicted molar refractivity (Wildman–Crippen MR) is 69.0 cm³/mol. The summed E-state index contributed by atoms with van der Waals surface area (Å²) >= 11 is 0. The van der Waals surface area contributed by atoms with Crippen molar-refractivity contribution in [1.29, 1.82) is 0 Å². The van der Waals surface area contributed by atoms with Crippen LogP contribution in [0.3, 0.4) is 0 Å². The molecule has 0 atom stereocenters. The molecule has 1 heterocycles. The van der Waals surface area contributed by atoms with Crippen LogP contribution in [0.15, 0.2) is 18.2 Å². The summed E-state index contributed by atoms with van der Waals surface area (Å²) in [5.41, 5.74) is 0.829. The maximum atomic E-state index is 12.9. The van der Waals surface area contributed by atoms with Gasteiger partial charge in [0.2, 0.25) is 0 Å². The number of benzene rings is 1. The summed E-state index contributed by atoms with van der Waals surface area (Å²) in [6, 6.07) is 4.10. The molecule has 1 N–H and O–H groups in total. The Hall–Kier alpha value is -0.420. The number of halogens is 4. The van der Waals surface area contributed by atoms with Crippen LogP contribution in [-0.2, 0) is 6.54 Å². The van der Waals surface area contributed by atoms with Gasteiger partial charge in [0.25, 0.3) is 0 Å². The first-order valence-electron chi connectivity index (χ1n) is 5.13. The Morgan fingerprint density at radius 1 is 1.06 bits per heavy atom. The van der Waals surface area contributed by atoms with Gasteiger partial charge in [0, 0.05) is 32.7 Å². The van der Waals surface area contributed by atoms with Crippen molar-refractivity contribution in [2.75, 3.05) is 26.2 Å². The third kappa shape index (κ3) is 4.76. The second kappa shape index (κ2) is 7.82. The molecule has 98 valence electrons. The molecule has 0 aliphatic carbocycles. The van der Waals surface area contributed by atoms with Gasteiger partial charge in [0.1, 0.15) is 0 Å². The van der Waals surface area contributed by atoms with Crippen molar-refractivity contribution >= 4 is 24.8 Å². The van der Waals surface area contributed by atoms with Crippen LogP contribution >= 0.6 is 24.8 Å². The van der Waals surface area contributed by atoms with E-state index in [1.54, 1.807) is 6.07 Å². The first kappa shape index (κ1) is 16.6. The van der Waals surface area contributed by atoms with Crippen molar-refractivity contribution in [2.45, 2.75) is 6.54 Å². The smallest absolute Gasteiger partial charge is 0.159 e. The number of nitrogens with one attached hydrogen (secondary N) is 1. The lowest BCUT2D eigenvalue weighted by molar-refractivity contribution is 0.233. The van der Waals surface area contributed by atoms with Gasteiger partial charge < -0.3 is 5.32 Å².